The molecule has 0 bridgehead atoms. The van der Waals surface area contributed by atoms with Crippen LogP contribution in [0.5, 0.6) is 0 Å². The van der Waals surface area contributed by atoms with E-state index in [1.807, 2.05) is 31.2 Å². The van der Waals surface area contributed by atoms with Gasteiger partial charge < -0.3 is 25.4 Å². The standard InChI is InChI=1S/C16H19N3O5/c1-9-4-2-3-5-10(9)17-12-6-7-19(16(23)18-12)15-14(22)13(21)11(8-20)24-15/h2-7,11,13-15,20-22H,8H2,1H3,(H,17,18,23)/t11-,13?,14+,15-/m1/s1. The minimum atomic E-state index is -1.32. The van der Waals surface area contributed by atoms with Crippen molar-refractivity contribution in [1.29, 1.82) is 0 Å². The molecule has 1 fully saturated rings. The van der Waals surface area contributed by atoms with Crippen molar-refractivity contribution in [2.24, 2.45) is 0 Å². The average molecular weight is 333 g/mol. The van der Waals surface area contributed by atoms with E-state index in [1.165, 1.54) is 6.20 Å². The molecule has 1 aromatic carbocycles. The summed E-state index contributed by atoms with van der Waals surface area (Å²) in [5, 5.41) is 31.9. The lowest BCUT2D eigenvalue weighted by molar-refractivity contribution is -0.0549. The molecule has 8 nitrogen and oxygen atoms in total. The highest BCUT2D eigenvalue weighted by Gasteiger charge is 2.43. The van der Waals surface area contributed by atoms with Crippen molar-refractivity contribution in [3.8, 4) is 0 Å². The number of para-hydroxylation sites is 1. The molecular formula is C16H19N3O5. The van der Waals surface area contributed by atoms with E-state index in [-0.39, 0.29) is 0 Å². The maximum atomic E-state index is 12.2. The van der Waals surface area contributed by atoms with Crippen molar-refractivity contribution in [2.75, 3.05) is 11.9 Å². The summed E-state index contributed by atoms with van der Waals surface area (Å²) in [6, 6.07) is 9.16. The highest BCUT2D eigenvalue weighted by molar-refractivity contribution is 5.59. The van der Waals surface area contributed by atoms with Crippen LogP contribution in [0, 0.1) is 6.92 Å². The third-order valence-corrected chi connectivity index (χ3v) is 4.03. The smallest absolute Gasteiger partial charge is 0.351 e. The first-order chi connectivity index (χ1) is 11.5. The largest absolute Gasteiger partial charge is 0.394 e. The summed E-state index contributed by atoms with van der Waals surface area (Å²) in [6.07, 6.45) is -3.20. The van der Waals surface area contributed by atoms with Crippen molar-refractivity contribution >= 4 is 11.5 Å². The van der Waals surface area contributed by atoms with E-state index in [0.717, 1.165) is 15.8 Å². The molecule has 3 rings (SSSR count). The van der Waals surface area contributed by atoms with Crippen molar-refractivity contribution in [1.82, 2.24) is 9.55 Å². The number of nitrogens with one attached hydrogen (secondary N) is 1. The van der Waals surface area contributed by atoms with Gasteiger partial charge in [-0.1, -0.05) is 18.2 Å². The van der Waals surface area contributed by atoms with Crippen molar-refractivity contribution in [3.63, 3.8) is 0 Å². The Morgan fingerprint density at radius 1 is 1.25 bits per heavy atom. The Labute approximate surface area is 138 Å². The van der Waals surface area contributed by atoms with Gasteiger partial charge in [-0.3, -0.25) is 4.57 Å². The number of anilines is 2. The van der Waals surface area contributed by atoms with E-state index in [9.17, 15) is 15.0 Å². The van der Waals surface area contributed by atoms with Gasteiger partial charge in [0.1, 0.15) is 24.1 Å². The molecule has 8 heteroatoms. The van der Waals surface area contributed by atoms with Gasteiger partial charge in [0.05, 0.1) is 6.61 Å². The van der Waals surface area contributed by atoms with Crippen molar-refractivity contribution in [2.45, 2.75) is 31.5 Å². The maximum absolute atomic E-state index is 12.2. The van der Waals surface area contributed by atoms with Crippen LogP contribution in [0.15, 0.2) is 41.3 Å². The van der Waals surface area contributed by atoms with Crippen LogP contribution in [-0.2, 0) is 4.74 Å². The van der Waals surface area contributed by atoms with Gasteiger partial charge in [-0.2, -0.15) is 4.98 Å². The average Bonchev–Trinajstić information content (AvgIpc) is 2.85. The van der Waals surface area contributed by atoms with Crippen molar-refractivity contribution < 1.29 is 20.1 Å². The van der Waals surface area contributed by atoms with E-state index in [0.29, 0.717) is 5.82 Å². The maximum Gasteiger partial charge on any atom is 0.351 e. The lowest BCUT2D eigenvalue weighted by Crippen LogP contribution is -2.36. The molecule has 2 aromatic rings. The van der Waals surface area contributed by atoms with E-state index >= 15 is 0 Å². The Hall–Kier alpha value is -2.26. The molecule has 0 saturated carbocycles. The summed E-state index contributed by atoms with van der Waals surface area (Å²) in [4.78, 5) is 16.2. The lowest BCUT2D eigenvalue weighted by atomic mass is 10.1. The summed E-state index contributed by atoms with van der Waals surface area (Å²) in [5.41, 5.74) is 1.20. The zero-order valence-electron chi connectivity index (χ0n) is 13.0. The molecule has 4 atom stereocenters. The second-order valence-corrected chi connectivity index (χ2v) is 5.67. The third-order valence-electron chi connectivity index (χ3n) is 4.03. The fourth-order valence-electron chi connectivity index (χ4n) is 2.64. The number of aliphatic hydroxyl groups is 3. The topological polar surface area (TPSA) is 117 Å². The zero-order valence-corrected chi connectivity index (χ0v) is 13.0. The molecule has 0 radical (unpaired) electrons. The van der Waals surface area contributed by atoms with Gasteiger partial charge >= 0.3 is 5.69 Å². The summed E-state index contributed by atoms with van der Waals surface area (Å²) < 4.78 is 6.42. The predicted octanol–water partition coefficient (Wildman–Crippen LogP) is -0.0932. The van der Waals surface area contributed by atoms with Crippen LogP contribution in [0.25, 0.3) is 0 Å². The van der Waals surface area contributed by atoms with E-state index in [1.54, 1.807) is 6.07 Å². The van der Waals surface area contributed by atoms with Crippen LogP contribution in [0.1, 0.15) is 11.8 Å². The minimum absolute atomic E-state index is 0.359. The molecule has 1 saturated heterocycles. The second-order valence-electron chi connectivity index (χ2n) is 5.67. The van der Waals surface area contributed by atoms with Gasteiger partial charge in [0, 0.05) is 11.9 Å². The van der Waals surface area contributed by atoms with Crippen LogP contribution in [0.3, 0.4) is 0 Å². The minimum Gasteiger partial charge on any atom is -0.394 e. The van der Waals surface area contributed by atoms with Gasteiger partial charge in [0.15, 0.2) is 6.23 Å². The fourth-order valence-corrected chi connectivity index (χ4v) is 2.64. The highest BCUT2D eigenvalue weighted by atomic mass is 16.6. The lowest BCUT2D eigenvalue weighted by Gasteiger charge is -2.17. The summed E-state index contributed by atoms with van der Waals surface area (Å²) >= 11 is 0. The van der Waals surface area contributed by atoms with Crippen LogP contribution >= 0.6 is 0 Å². The Kier molecular flexibility index (Phi) is 4.63. The normalized spacial score (nSPS) is 26.5. The number of aliphatic hydroxyl groups excluding tert-OH is 3. The quantitative estimate of drug-likeness (QED) is 0.617. The second kappa shape index (κ2) is 6.70. The van der Waals surface area contributed by atoms with Gasteiger partial charge in [-0.05, 0) is 24.6 Å². The van der Waals surface area contributed by atoms with Crippen LogP contribution < -0.4 is 11.0 Å². The van der Waals surface area contributed by atoms with E-state index in [2.05, 4.69) is 10.3 Å². The number of rotatable bonds is 4. The Bertz CT molecular complexity index is 778. The fraction of sp³-hybridized carbons (Fsp3) is 0.375. The first-order valence-electron chi connectivity index (χ1n) is 7.55. The number of aromatic nitrogens is 2. The molecular weight excluding hydrogens is 314 g/mol. The highest BCUT2D eigenvalue weighted by Crippen LogP contribution is 2.28. The third kappa shape index (κ3) is 3.04. The molecule has 2 heterocycles. The molecule has 24 heavy (non-hydrogen) atoms. The number of aryl methyl sites for hydroxylation is 1. The van der Waals surface area contributed by atoms with Gasteiger partial charge in [0.2, 0.25) is 0 Å². The molecule has 1 unspecified atom stereocenters. The number of hydrogen-bond donors (Lipinski definition) is 4. The van der Waals surface area contributed by atoms with E-state index in [4.69, 9.17) is 9.84 Å². The number of benzene rings is 1. The molecule has 1 aliphatic heterocycles. The Morgan fingerprint density at radius 2 is 2.00 bits per heavy atom. The van der Waals surface area contributed by atoms with Crippen LogP contribution in [-0.4, -0.2) is 49.8 Å². The Balaban J connectivity index is 1.83. The molecule has 0 aliphatic carbocycles. The van der Waals surface area contributed by atoms with Crippen LogP contribution in [0.2, 0.25) is 0 Å². The van der Waals surface area contributed by atoms with Gasteiger partial charge in [-0.25, -0.2) is 4.79 Å². The molecule has 0 amide bonds. The van der Waals surface area contributed by atoms with Crippen LogP contribution in [0.4, 0.5) is 11.5 Å². The van der Waals surface area contributed by atoms with Gasteiger partial charge in [0.25, 0.3) is 0 Å². The zero-order chi connectivity index (χ0) is 17.3. The SMILES string of the molecule is Cc1ccccc1Nc1ccn([C@@H]2O[C@H](CO)C(O)[C@@H]2O)c(=O)n1. The first kappa shape index (κ1) is 16.6. The molecule has 1 aliphatic rings. The summed E-state index contributed by atoms with van der Waals surface area (Å²) in [6.45, 7) is 1.48. The predicted molar refractivity (Wildman–Crippen MR) is 86.0 cm³/mol. The number of nitrogens with zero attached hydrogens (tertiary/aromatic N) is 2. The van der Waals surface area contributed by atoms with Gasteiger partial charge in [-0.15, -0.1) is 0 Å². The molecule has 128 valence electrons. The van der Waals surface area contributed by atoms with E-state index < -0.39 is 36.8 Å². The summed E-state index contributed by atoms with van der Waals surface area (Å²) in [7, 11) is 0. The number of ether oxygens (including phenoxy) is 1. The number of hydrogen-bond acceptors (Lipinski definition) is 7. The molecule has 1 aromatic heterocycles. The summed E-state index contributed by atoms with van der Waals surface area (Å²) in [5.74, 6) is 0.359. The molecule has 4 N–H and O–H groups in total. The first-order valence-corrected chi connectivity index (χ1v) is 7.55. The Morgan fingerprint density at radius 3 is 2.62 bits per heavy atom. The van der Waals surface area contributed by atoms with Crippen molar-refractivity contribution in [3.05, 3.63) is 52.6 Å². The monoisotopic (exact) mass is 333 g/mol. The molecule has 0 spiro atoms.